The van der Waals surface area contributed by atoms with Crippen LogP contribution in [-0.4, -0.2) is 24.0 Å². The summed E-state index contributed by atoms with van der Waals surface area (Å²) in [6.45, 7) is 11.9. The molecule has 0 saturated heterocycles. The summed E-state index contributed by atoms with van der Waals surface area (Å²) in [4.78, 5) is 26.4. The van der Waals surface area contributed by atoms with Crippen LogP contribution in [0.15, 0.2) is 12.1 Å². The first-order chi connectivity index (χ1) is 17.2. The molecule has 1 aromatic carbocycles. The molecule has 6 rings (SSSR count). The number of benzene rings is 1. The van der Waals surface area contributed by atoms with E-state index in [0.29, 0.717) is 18.3 Å². The van der Waals surface area contributed by atoms with Gasteiger partial charge in [0.25, 0.3) is 0 Å². The highest BCUT2D eigenvalue weighted by Crippen LogP contribution is 2.60. The number of carbonyl (C=O) groups excluding carboxylic acids is 2. The molecule has 0 heterocycles. The third-order valence-electron chi connectivity index (χ3n) is 9.24. The molecule has 0 radical (unpaired) electrons. The third kappa shape index (κ3) is 5.91. The molecular weight excluding hydrogens is 467 g/mol. The first-order valence-electron chi connectivity index (χ1n) is 14.4. The average Bonchev–Trinajstić information content (AvgIpc) is 3.58. The molecule has 5 heteroatoms. The highest BCUT2D eigenvalue weighted by molar-refractivity contribution is 5.99. The van der Waals surface area contributed by atoms with E-state index in [-0.39, 0.29) is 23.2 Å². The molecule has 0 amide bonds. The molecule has 5 aliphatic carbocycles. The van der Waals surface area contributed by atoms with Crippen LogP contribution >= 0.6 is 0 Å². The molecule has 4 nitrogen and oxygen atoms in total. The minimum absolute atomic E-state index is 0.0712. The Balaban J connectivity index is 1.34. The van der Waals surface area contributed by atoms with Crippen LogP contribution in [0.2, 0.25) is 0 Å². The second-order valence-corrected chi connectivity index (χ2v) is 14.9. The van der Waals surface area contributed by atoms with Crippen molar-refractivity contribution >= 4 is 11.8 Å². The van der Waals surface area contributed by atoms with E-state index in [9.17, 15) is 9.59 Å². The Morgan fingerprint density at radius 3 is 2.03 bits per heavy atom. The van der Waals surface area contributed by atoms with Gasteiger partial charge in [0, 0.05) is 17.9 Å². The van der Waals surface area contributed by atoms with Crippen molar-refractivity contribution in [2.45, 2.75) is 111 Å². The zero-order valence-corrected chi connectivity index (χ0v) is 23.6. The van der Waals surface area contributed by atoms with Gasteiger partial charge in [-0.2, -0.15) is 0 Å². The lowest BCUT2D eigenvalue weighted by Gasteiger charge is -2.56. The van der Waals surface area contributed by atoms with Crippen molar-refractivity contribution in [3.05, 3.63) is 29.1 Å². The zero-order chi connectivity index (χ0) is 26.8. The van der Waals surface area contributed by atoms with Gasteiger partial charge in [0.05, 0.1) is 18.1 Å². The SMILES string of the molecule is CC(C)(C)OC(=O)[C@@H](CC(=O)c1cc(C2CC2)c(OCC23CC4CC(CC(C4)C2)C3)cc1F)C(C)(C)C. The summed E-state index contributed by atoms with van der Waals surface area (Å²) in [5, 5.41) is 0. The van der Waals surface area contributed by atoms with E-state index in [1.807, 2.05) is 41.5 Å². The Morgan fingerprint density at radius 1 is 0.973 bits per heavy atom. The minimum atomic E-state index is -0.657. The summed E-state index contributed by atoms with van der Waals surface area (Å²) in [5.74, 6) is 1.50. The maximum atomic E-state index is 15.5. The number of hydrogen-bond acceptors (Lipinski definition) is 4. The Morgan fingerprint density at radius 2 is 1.54 bits per heavy atom. The normalized spacial score (nSPS) is 29.8. The van der Waals surface area contributed by atoms with Crippen molar-refractivity contribution in [2.75, 3.05) is 6.61 Å². The van der Waals surface area contributed by atoms with Gasteiger partial charge in [0.2, 0.25) is 0 Å². The third-order valence-corrected chi connectivity index (χ3v) is 9.24. The monoisotopic (exact) mass is 512 g/mol. The van der Waals surface area contributed by atoms with Crippen molar-refractivity contribution < 1.29 is 23.5 Å². The summed E-state index contributed by atoms with van der Waals surface area (Å²) in [6, 6.07) is 3.17. The molecule has 5 aliphatic rings. The second kappa shape index (κ2) is 9.38. The van der Waals surface area contributed by atoms with E-state index in [0.717, 1.165) is 36.2 Å². The molecule has 5 fully saturated rings. The van der Waals surface area contributed by atoms with Crippen LogP contribution in [-0.2, 0) is 9.53 Å². The predicted octanol–water partition coefficient (Wildman–Crippen LogP) is 7.88. The molecular formula is C32H45FO4. The maximum Gasteiger partial charge on any atom is 0.310 e. The minimum Gasteiger partial charge on any atom is -0.493 e. The quantitative estimate of drug-likeness (QED) is 0.263. The lowest BCUT2D eigenvalue weighted by atomic mass is 9.50. The predicted molar refractivity (Wildman–Crippen MR) is 142 cm³/mol. The molecule has 1 atom stereocenters. The highest BCUT2D eigenvalue weighted by Gasteiger charge is 2.51. The smallest absolute Gasteiger partial charge is 0.310 e. The highest BCUT2D eigenvalue weighted by atomic mass is 19.1. The van der Waals surface area contributed by atoms with E-state index >= 15 is 4.39 Å². The maximum absolute atomic E-state index is 15.5. The number of rotatable bonds is 8. The Hall–Kier alpha value is -1.91. The van der Waals surface area contributed by atoms with Crippen LogP contribution in [0.4, 0.5) is 4.39 Å². The van der Waals surface area contributed by atoms with Gasteiger partial charge in [-0.3, -0.25) is 9.59 Å². The molecule has 1 aromatic rings. The summed E-state index contributed by atoms with van der Waals surface area (Å²) < 4.78 is 27.5. The van der Waals surface area contributed by atoms with Gasteiger partial charge in [-0.15, -0.1) is 0 Å². The number of Topliss-reactive ketones (excluding diaryl/α,β-unsaturated/α-hetero) is 1. The fourth-order valence-electron chi connectivity index (χ4n) is 7.73. The van der Waals surface area contributed by atoms with Crippen molar-refractivity contribution in [1.82, 2.24) is 0 Å². The van der Waals surface area contributed by atoms with E-state index in [1.54, 1.807) is 6.07 Å². The van der Waals surface area contributed by atoms with Gasteiger partial charge < -0.3 is 9.47 Å². The molecule has 204 valence electrons. The lowest BCUT2D eigenvalue weighted by molar-refractivity contribution is -0.163. The number of carbonyl (C=O) groups is 2. The first-order valence-corrected chi connectivity index (χ1v) is 14.4. The Bertz CT molecular complexity index is 1020. The number of esters is 1. The summed E-state index contributed by atoms with van der Waals surface area (Å²) in [7, 11) is 0. The Labute approximate surface area is 222 Å². The molecule has 37 heavy (non-hydrogen) atoms. The van der Waals surface area contributed by atoms with Crippen LogP contribution in [0.1, 0.15) is 121 Å². The number of hydrogen-bond donors (Lipinski definition) is 0. The van der Waals surface area contributed by atoms with Crippen molar-refractivity contribution in [3.63, 3.8) is 0 Å². The van der Waals surface area contributed by atoms with Gasteiger partial charge in [-0.05, 0) is 113 Å². The molecule has 5 saturated carbocycles. The average molecular weight is 513 g/mol. The van der Waals surface area contributed by atoms with Gasteiger partial charge in [0.1, 0.15) is 17.2 Å². The standard InChI is InChI=1S/C32H45FO4/c1-30(2,3)25(29(35)37-31(4,5)6)13-27(34)24-12-23(22-7-8-22)28(14-26(24)33)36-18-32-15-19-9-20(16-32)11-21(10-19)17-32/h12,14,19-22,25H,7-11,13,15-18H2,1-6H3/t19?,20?,21?,25-,32?/m1/s1. The summed E-state index contributed by atoms with van der Waals surface area (Å²) in [5.41, 5.74) is 0.132. The molecule has 0 aliphatic heterocycles. The van der Waals surface area contributed by atoms with Crippen molar-refractivity contribution in [2.24, 2.45) is 34.5 Å². The fourth-order valence-corrected chi connectivity index (χ4v) is 7.73. The summed E-state index contributed by atoms with van der Waals surface area (Å²) >= 11 is 0. The van der Waals surface area contributed by atoms with Crippen molar-refractivity contribution in [1.29, 1.82) is 0 Å². The zero-order valence-electron chi connectivity index (χ0n) is 23.6. The van der Waals surface area contributed by atoms with E-state index in [4.69, 9.17) is 9.47 Å². The second-order valence-electron chi connectivity index (χ2n) is 14.9. The van der Waals surface area contributed by atoms with Crippen molar-refractivity contribution in [3.8, 4) is 5.75 Å². The largest absolute Gasteiger partial charge is 0.493 e. The Kier molecular flexibility index (Phi) is 6.76. The molecule has 4 bridgehead atoms. The topological polar surface area (TPSA) is 52.6 Å². The van der Waals surface area contributed by atoms with E-state index in [1.165, 1.54) is 44.6 Å². The van der Waals surface area contributed by atoms with Gasteiger partial charge in [0.15, 0.2) is 5.78 Å². The lowest BCUT2D eigenvalue weighted by Crippen LogP contribution is -2.48. The number of ketones is 1. The number of ether oxygens (including phenoxy) is 2. The number of halogens is 1. The van der Waals surface area contributed by atoms with Gasteiger partial charge in [-0.25, -0.2) is 4.39 Å². The molecule has 0 unspecified atom stereocenters. The molecule has 0 spiro atoms. The molecule has 0 N–H and O–H groups in total. The van der Waals surface area contributed by atoms with Crippen LogP contribution in [0.25, 0.3) is 0 Å². The summed E-state index contributed by atoms with van der Waals surface area (Å²) in [6.07, 6.45) is 9.89. The van der Waals surface area contributed by atoms with Crippen LogP contribution < -0.4 is 4.74 Å². The fraction of sp³-hybridized carbons (Fsp3) is 0.750. The molecule has 0 aromatic heterocycles. The van der Waals surface area contributed by atoms with Gasteiger partial charge >= 0.3 is 5.97 Å². The van der Waals surface area contributed by atoms with E-state index in [2.05, 4.69) is 0 Å². The van der Waals surface area contributed by atoms with Gasteiger partial charge in [-0.1, -0.05) is 20.8 Å². The first kappa shape index (κ1) is 26.7. The van der Waals surface area contributed by atoms with Crippen LogP contribution in [0.5, 0.6) is 5.75 Å². The van der Waals surface area contributed by atoms with E-state index < -0.39 is 28.7 Å². The van der Waals surface area contributed by atoms with Crippen LogP contribution in [0, 0.1) is 40.3 Å². The van der Waals surface area contributed by atoms with Crippen LogP contribution in [0.3, 0.4) is 0 Å².